The number of carboxylic acid groups (broad SMARTS) is 2. The number of methoxy groups -OCH3 is 1. The Balaban J connectivity index is 0.000000139. The van der Waals surface area contributed by atoms with Gasteiger partial charge in [0.15, 0.2) is 35.3 Å². The molecule has 8 aromatic carbocycles. The molecule has 758 valence electrons. The van der Waals surface area contributed by atoms with E-state index in [2.05, 4.69) is 196 Å². The van der Waals surface area contributed by atoms with Crippen LogP contribution in [0, 0.1) is 69.2 Å². The lowest BCUT2D eigenvalue weighted by atomic mass is 9.86. The second kappa shape index (κ2) is 41.1. The van der Waals surface area contributed by atoms with Gasteiger partial charge in [0.1, 0.15) is 12.2 Å². The van der Waals surface area contributed by atoms with Crippen LogP contribution >= 0.6 is 34.8 Å². The lowest BCUT2D eigenvalue weighted by Gasteiger charge is -2.35. The van der Waals surface area contributed by atoms with Gasteiger partial charge < -0.3 is 76.5 Å². The monoisotopic (exact) mass is 2020 g/mol. The number of carbonyl (C=O) groups is 4. The molecule has 4 aliphatic rings. The zero-order chi connectivity index (χ0) is 105. The summed E-state index contributed by atoms with van der Waals surface area (Å²) in [4.78, 5) is 88.0. The van der Waals surface area contributed by atoms with Gasteiger partial charge in [0.05, 0.1) is 111 Å². The summed E-state index contributed by atoms with van der Waals surface area (Å²) < 4.78 is 45.4. The van der Waals surface area contributed by atoms with Crippen LogP contribution in [0.1, 0.15) is 207 Å². The van der Waals surface area contributed by atoms with Crippen molar-refractivity contribution in [3.63, 3.8) is 0 Å². The third kappa shape index (κ3) is 21.0. The van der Waals surface area contributed by atoms with Crippen molar-refractivity contribution in [2.75, 3.05) is 66.5 Å². The first-order chi connectivity index (χ1) is 68.4. The normalized spacial score (nSPS) is 14.3. The average molecular weight is 2020 g/mol. The van der Waals surface area contributed by atoms with Gasteiger partial charge in [-0.3, -0.25) is 9.59 Å². The number of hydrogen-bond acceptors (Lipinski definition) is 20. The molecule has 11 heterocycles. The van der Waals surface area contributed by atoms with Gasteiger partial charge in [-0.2, -0.15) is 0 Å². The van der Waals surface area contributed by atoms with E-state index in [0.717, 1.165) is 188 Å². The number of carbonyl (C=O) groups excluding carboxylic acids is 2. The second-order valence-corrected chi connectivity index (χ2v) is 43.4. The molecule has 0 amide bonds. The Morgan fingerprint density at radius 3 is 0.924 bits per heavy atom. The van der Waals surface area contributed by atoms with Crippen LogP contribution in [0.2, 0.25) is 15.1 Å². The van der Waals surface area contributed by atoms with Crippen molar-refractivity contribution in [2.24, 2.45) is 0 Å². The van der Waals surface area contributed by atoms with Crippen molar-refractivity contribution in [2.45, 2.75) is 246 Å². The highest BCUT2D eigenvalue weighted by molar-refractivity contribution is 6.37. The number of ether oxygens (including phenoxy) is 6. The van der Waals surface area contributed by atoms with Crippen LogP contribution in [0.3, 0.4) is 0 Å². The minimum absolute atomic E-state index is 0.0258. The fraction of sp³-hybridized carbons (Fsp3) is 0.379. The number of aliphatic carboxylic acids is 2. The molecule has 145 heavy (non-hydrogen) atoms. The standard InChI is InChI=1S/C31H36N4O3.C30H33ClN4O4.C29H31ClN4O3.C26H31ClN2O2/c1-18-9-11-22(12-10-18)26-24-15-19(2)34-13-14-35(30-32-16-23(37-8)17-33-30)27(28(24)34)20(3)25(26)29(21(4)36)38-31(5,6)7;1-7-38-21-15-32-29(33-16-21)35-13-12-34-17(2)14-22-24(19-8-10-20(31)11-9-19)23(18(3)25(35)26(22)34)27(28(36)37)39-30(4,5)6;1-16-14-31-28(32-15-16)34-12-11-33-17(2)13-21-23(19-7-9-20(30)10-8-19)22(18(3)24(34)25(21)33)26(27(35)36)37-29(4,5)6;1-15-8-10-18(11-9-15)20-19-14-16(2)29-13-12-28(7)24(23(19)29)22(27)21(20)25(17(3)30)31-26(4,5)6/h9-12,15-17,29H,13-14H2,1-8H3;8-11,14-16,27H,7,12-13H2,1-6H3,(H,36,37);7-10,13-15,26H,11-12H2,1-6H3,(H,35,36);8-11,14,25H,12-13H2,1-7H3/t29-;27-;26-;25-/m1001/s1. The number of aryl methyl sites for hydroxylation is 7. The molecule has 4 aliphatic heterocycles. The Hall–Kier alpha value is -13.1. The van der Waals surface area contributed by atoms with Crippen molar-refractivity contribution < 1.29 is 57.8 Å². The summed E-state index contributed by atoms with van der Waals surface area (Å²) >= 11 is 19.6. The minimum atomic E-state index is -1.20. The summed E-state index contributed by atoms with van der Waals surface area (Å²) in [6.45, 7) is 55.4. The number of Topliss-reactive ketones (excluding diaryl/α,β-unsaturated/α-hetero) is 2. The molecule has 15 aromatic rings. The van der Waals surface area contributed by atoms with Crippen molar-refractivity contribution in [1.82, 2.24) is 48.2 Å². The molecule has 0 radical (unpaired) electrons. The van der Waals surface area contributed by atoms with Crippen molar-refractivity contribution >= 4 is 143 Å². The molecule has 2 N–H and O–H groups in total. The van der Waals surface area contributed by atoms with E-state index < -0.39 is 58.8 Å². The highest BCUT2D eigenvalue weighted by Crippen LogP contribution is 2.56. The number of aromatic nitrogens is 10. The maximum Gasteiger partial charge on any atom is 0.337 e. The molecule has 0 fully saturated rings. The molecular weight excluding hydrogens is 1890 g/mol. The number of likely N-dealkylation sites (N-methyl/N-ethyl adjacent to an activating group) is 1. The average Bonchev–Trinajstić information content (AvgIpc) is 1.57. The molecule has 0 saturated heterocycles. The Morgan fingerprint density at radius 1 is 0.359 bits per heavy atom. The molecule has 0 saturated carbocycles. The van der Waals surface area contributed by atoms with Crippen molar-refractivity contribution in [3.8, 4) is 56.0 Å². The summed E-state index contributed by atoms with van der Waals surface area (Å²) in [6, 6.07) is 40.7. The molecule has 4 atom stereocenters. The predicted molar refractivity (Wildman–Crippen MR) is 581 cm³/mol. The van der Waals surface area contributed by atoms with Crippen LogP contribution in [0.4, 0.5) is 40.6 Å². The number of rotatable bonds is 22. The summed E-state index contributed by atoms with van der Waals surface area (Å²) in [6.07, 6.45) is 6.47. The van der Waals surface area contributed by atoms with E-state index in [1.165, 1.54) is 22.5 Å². The maximum absolute atomic E-state index is 13.3. The van der Waals surface area contributed by atoms with E-state index >= 15 is 0 Å². The highest BCUT2D eigenvalue weighted by atomic mass is 35.5. The molecule has 29 heteroatoms. The molecule has 19 rings (SSSR count). The van der Waals surface area contributed by atoms with E-state index in [4.69, 9.17) is 63.2 Å². The van der Waals surface area contributed by atoms with Crippen LogP contribution in [0.25, 0.3) is 88.1 Å². The first-order valence-corrected chi connectivity index (χ1v) is 50.4. The van der Waals surface area contributed by atoms with Gasteiger partial charge in [-0.05, 0) is 288 Å². The van der Waals surface area contributed by atoms with Gasteiger partial charge in [-0.25, -0.2) is 39.5 Å². The first-order valence-electron chi connectivity index (χ1n) is 49.3. The molecule has 7 aromatic heterocycles. The SMILES string of the molecule is CC(=O)[C@@H](OC(C)(C)C)c1c(Cl)c2c3c(cc(C)n3CCN2C)c1-c1ccc(C)cc1.CCOc1cnc(N2CCn3c(C)cc4c(-c5ccc(Cl)cc5)c([C@H](OC(C)(C)C)C(=O)O)c(C)c2c43)nc1.COc1cnc(N2CCn3c(C)cc4c(-c5ccc(C)cc5)c([C@H](OC(C)(C)C)C(C)=O)c(C)c2c43)nc1.Cc1cnc(N2CCn3c(C)cc4c(-c5ccc(Cl)cc5)c([C@H](OC(C)(C)C)C(=O)O)c(C)c2c43)nc1. The van der Waals surface area contributed by atoms with E-state index in [1.807, 2.05) is 159 Å². The third-order valence-electron chi connectivity index (χ3n) is 26.8. The van der Waals surface area contributed by atoms with Crippen molar-refractivity contribution in [3.05, 3.63) is 252 Å². The molecule has 0 aliphatic carbocycles. The molecular formula is C116H131Cl3N14O12. The number of anilines is 7. The quantitative estimate of drug-likeness (QED) is 0.0638. The third-order valence-corrected chi connectivity index (χ3v) is 27.7. The van der Waals surface area contributed by atoms with Crippen LogP contribution in [-0.2, 0) is 64.3 Å². The molecule has 0 unspecified atom stereocenters. The molecule has 0 bridgehead atoms. The molecule has 26 nitrogen and oxygen atoms in total. The summed E-state index contributed by atoms with van der Waals surface area (Å²) in [5, 5.41) is 26.9. The Kier molecular flexibility index (Phi) is 29.7. The van der Waals surface area contributed by atoms with Crippen molar-refractivity contribution in [1.29, 1.82) is 0 Å². The fourth-order valence-corrected chi connectivity index (χ4v) is 21.4. The molecule has 0 spiro atoms. The Morgan fingerprint density at radius 2 is 0.628 bits per heavy atom. The van der Waals surface area contributed by atoms with Gasteiger partial charge >= 0.3 is 11.9 Å². The lowest BCUT2D eigenvalue weighted by molar-refractivity contribution is -0.161. The van der Waals surface area contributed by atoms with Crippen LogP contribution in [-0.4, -0.2) is 151 Å². The minimum Gasteiger partial charge on any atom is -0.494 e. The number of nitrogens with zero attached hydrogens (tertiary/aromatic N) is 14. The second-order valence-electron chi connectivity index (χ2n) is 42.1. The number of benzene rings is 8. The zero-order valence-electron chi connectivity index (χ0n) is 88.1. The fourth-order valence-electron chi connectivity index (χ4n) is 20.8. The summed E-state index contributed by atoms with van der Waals surface area (Å²) in [7, 11) is 3.67. The largest absolute Gasteiger partial charge is 0.494 e. The topological polar surface area (TPSA) is 274 Å². The first kappa shape index (κ1) is 105. The maximum atomic E-state index is 13.3. The lowest BCUT2D eigenvalue weighted by Crippen LogP contribution is -2.32. The Bertz CT molecular complexity index is 7490. The Labute approximate surface area is 863 Å². The van der Waals surface area contributed by atoms with Gasteiger partial charge in [-0.1, -0.05) is 119 Å². The van der Waals surface area contributed by atoms with E-state index in [-0.39, 0.29) is 11.6 Å². The number of ketones is 2. The van der Waals surface area contributed by atoms with Gasteiger partial charge in [-0.15, -0.1) is 0 Å². The summed E-state index contributed by atoms with van der Waals surface area (Å²) in [5.74, 6) is 0.769. The van der Waals surface area contributed by atoms with E-state index in [9.17, 15) is 29.4 Å². The zero-order valence-corrected chi connectivity index (χ0v) is 90.3. The van der Waals surface area contributed by atoms with Crippen LogP contribution in [0.15, 0.2) is 159 Å². The number of carboxylic acids is 2. The number of hydrogen-bond donors (Lipinski definition) is 2. The van der Waals surface area contributed by atoms with E-state index in [1.54, 1.807) is 58.1 Å². The van der Waals surface area contributed by atoms with Gasteiger partial charge in [0.25, 0.3) is 0 Å². The predicted octanol–water partition coefficient (Wildman–Crippen LogP) is 26.7. The van der Waals surface area contributed by atoms with Crippen LogP contribution < -0.4 is 29.1 Å². The van der Waals surface area contributed by atoms with Gasteiger partial charge in [0, 0.05) is 148 Å². The smallest absolute Gasteiger partial charge is 0.337 e. The van der Waals surface area contributed by atoms with Gasteiger partial charge in [0.2, 0.25) is 17.8 Å². The highest BCUT2D eigenvalue weighted by Gasteiger charge is 2.43. The summed E-state index contributed by atoms with van der Waals surface area (Å²) in [5.41, 5.74) is 26.8. The van der Waals surface area contributed by atoms with E-state index in [0.29, 0.717) is 81.8 Å². The number of halogens is 3. The van der Waals surface area contributed by atoms with Crippen LogP contribution in [0.5, 0.6) is 11.5 Å².